The van der Waals surface area contributed by atoms with E-state index < -0.39 is 0 Å². The highest BCUT2D eigenvalue weighted by Crippen LogP contribution is 2.12. The van der Waals surface area contributed by atoms with Gasteiger partial charge in [-0.2, -0.15) is 0 Å². The maximum absolute atomic E-state index is 4.42. The molecule has 17 heavy (non-hydrogen) atoms. The zero-order valence-electron chi connectivity index (χ0n) is 10.8. The van der Waals surface area contributed by atoms with E-state index in [9.17, 15) is 0 Å². The maximum atomic E-state index is 4.42. The van der Waals surface area contributed by atoms with E-state index in [0.29, 0.717) is 0 Å². The molecule has 2 heterocycles. The first kappa shape index (κ1) is 13.3. The van der Waals surface area contributed by atoms with Gasteiger partial charge in [0.15, 0.2) is 0 Å². The van der Waals surface area contributed by atoms with E-state index in [0.717, 1.165) is 22.3 Å². The fraction of sp³-hybridized carbons (Fsp3) is 0.286. The van der Waals surface area contributed by atoms with Gasteiger partial charge in [-0.15, -0.1) is 0 Å². The number of hydrogen-bond acceptors (Lipinski definition) is 3. The number of hydrogen-bond donors (Lipinski definition) is 0. The fourth-order valence-electron chi connectivity index (χ4n) is 1.41. The van der Waals surface area contributed by atoms with Gasteiger partial charge in [-0.3, -0.25) is 9.97 Å². The molecule has 0 aliphatic carbocycles. The third kappa shape index (κ3) is 3.96. The number of aryl methyl sites for hydroxylation is 1. The molecule has 0 saturated carbocycles. The molecule has 0 aromatic carbocycles. The van der Waals surface area contributed by atoms with Crippen LogP contribution >= 0.6 is 0 Å². The van der Waals surface area contributed by atoms with Crippen molar-refractivity contribution in [1.82, 2.24) is 9.97 Å². The first-order valence-electron chi connectivity index (χ1n) is 5.47. The number of fused-ring (bicyclic) bond motifs is 1. The highest BCUT2D eigenvalue weighted by atomic mass is 16.4. The van der Waals surface area contributed by atoms with E-state index >= 15 is 0 Å². The van der Waals surface area contributed by atoms with Crippen molar-refractivity contribution in [2.24, 2.45) is 0 Å². The summed E-state index contributed by atoms with van der Waals surface area (Å²) in [5.74, 6) is 0. The lowest BCUT2D eigenvalue weighted by Gasteiger charge is -1.99. The van der Waals surface area contributed by atoms with Gasteiger partial charge in [-0.25, -0.2) is 0 Å². The van der Waals surface area contributed by atoms with Crippen LogP contribution in [0.2, 0.25) is 0 Å². The van der Waals surface area contributed by atoms with E-state index in [1.54, 1.807) is 14.2 Å². The van der Waals surface area contributed by atoms with Gasteiger partial charge in [0.05, 0.1) is 11.0 Å². The van der Waals surface area contributed by atoms with Crippen LogP contribution in [0, 0.1) is 6.92 Å². The third-order valence-corrected chi connectivity index (χ3v) is 2.06. The fourth-order valence-corrected chi connectivity index (χ4v) is 1.41. The van der Waals surface area contributed by atoms with Crippen molar-refractivity contribution in [3.63, 3.8) is 0 Å². The molecule has 0 radical (unpaired) electrons. The molecule has 0 unspecified atom stereocenters. The van der Waals surface area contributed by atoms with Gasteiger partial charge in [0.2, 0.25) is 0 Å². The standard InChI is InChI=1S/C12H12N2.C2H6O/c1-3-4-10-7-12-11(13-8-10)6-5-9(2)14-12;1-3-2/h3-8H,1-2H3;1-2H3/b4-3+;. The smallest absolute Gasteiger partial charge is 0.0895 e. The molecule has 0 fully saturated rings. The average molecular weight is 230 g/mol. The second kappa shape index (κ2) is 6.76. The molecule has 0 N–H and O–H groups in total. The molecular formula is C14H18N2O. The number of ether oxygens (including phenoxy) is 1. The van der Waals surface area contributed by atoms with Crippen molar-refractivity contribution in [3.05, 3.63) is 41.7 Å². The Morgan fingerprint density at radius 1 is 1.18 bits per heavy atom. The molecule has 2 aromatic rings. The Morgan fingerprint density at radius 2 is 1.88 bits per heavy atom. The number of methoxy groups -OCH3 is 1. The lowest BCUT2D eigenvalue weighted by atomic mass is 10.2. The predicted molar refractivity (Wildman–Crippen MR) is 71.9 cm³/mol. The van der Waals surface area contributed by atoms with Crippen molar-refractivity contribution in [1.29, 1.82) is 0 Å². The molecule has 3 nitrogen and oxygen atoms in total. The second-order valence-electron chi connectivity index (χ2n) is 3.67. The van der Waals surface area contributed by atoms with Gasteiger partial charge in [-0.05, 0) is 37.6 Å². The SMILES string of the molecule is C/C=C/c1cnc2ccc(C)nc2c1.COC. The normalized spacial score (nSPS) is 10.4. The Bertz CT molecular complexity index is 507. The van der Waals surface area contributed by atoms with Crippen LogP contribution in [0.25, 0.3) is 17.1 Å². The molecule has 90 valence electrons. The van der Waals surface area contributed by atoms with E-state index in [1.807, 2.05) is 44.3 Å². The molecule has 0 aliphatic rings. The lowest BCUT2D eigenvalue weighted by molar-refractivity contribution is 0.277. The molecule has 2 aromatic heterocycles. The van der Waals surface area contributed by atoms with Crippen LogP contribution in [-0.4, -0.2) is 24.2 Å². The topological polar surface area (TPSA) is 35.0 Å². The predicted octanol–water partition coefficient (Wildman–Crippen LogP) is 3.23. The summed E-state index contributed by atoms with van der Waals surface area (Å²) < 4.78 is 4.25. The van der Waals surface area contributed by atoms with Crippen molar-refractivity contribution in [2.75, 3.05) is 14.2 Å². The van der Waals surface area contributed by atoms with Crippen LogP contribution < -0.4 is 0 Å². The quantitative estimate of drug-likeness (QED) is 0.754. The third-order valence-electron chi connectivity index (χ3n) is 2.06. The van der Waals surface area contributed by atoms with E-state index in [4.69, 9.17) is 0 Å². The Hall–Kier alpha value is -1.74. The van der Waals surface area contributed by atoms with Crippen LogP contribution in [0.3, 0.4) is 0 Å². The summed E-state index contributed by atoms with van der Waals surface area (Å²) in [5.41, 5.74) is 4.03. The van der Waals surface area contributed by atoms with Crippen molar-refractivity contribution in [2.45, 2.75) is 13.8 Å². The minimum atomic E-state index is 0.948. The first-order valence-corrected chi connectivity index (χ1v) is 5.47. The summed E-state index contributed by atoms with van der Waals surface area (Å²) in [4.78, 5) is 8.75. The van der Waals surface area contributed by atoms with Crippen LogP contribution in [0.4, 0.5) is 0 Å². The molecular weight excluding hydrogens is 212 g/mol. The number of allylic oxidation sites excluding steroid dienone is 1. The highest BCUT2D eigenvalue weighted by Gasteiger charge is 1.96. The number of aromatic nitrogens is 2. The Balaban J connectivity index is 0.000000437. The summed E-state index contributed by atoms with van der Waals surface area (Å²) in [6, 6.07) is 6.02. The lowest BCUT2D eigenvalue weighted by Crippen LogP contribution is -1.86. The van der Waals surface area contributed by atoms with E-state index in [2.05, 4.69) is 20.8 Å². The second-order valence-corrected chi connectivity index (χ2v) is 3.67. The van der Waals surface area contributed by atoms with Gasteiger partial charge in [0.25, 0.3) is 0 Å². The molecule has 0 bridgehead atoms. The number of nitrogens with zero attached hydrogens (tertiary/aromatic N) is 2. The molecule has 0 saturated heterocycles. The highest BCUT2D eigenvalue weighted by molar-refractivity contribution is 5.76. The van der Waals surface area contributed by atoms with Gasteiger partial charge >= 0.3 is 0 Å². The molecule has 0 amide bonds. The molecule has 2 rings (SSSR count). The molecule has 0 aliphatic heterocycles. The van der Waals surface area contributed by atoms with E-state index in [1.165, 1.54) is 0 Å². The van der Waals surface area contributed by atoms with Gasteiger partial charge in [-0.1, -0.05) is 12.2 Å². The largest absolute Gasteiger partial charge is 0.388 e. The van der Waals surface area contributed by atoms with Crippen molar-refractivity contribution >= 4 is 17.1 Å². The zero-order chi connectivity index (χ0) is 12.7. The zero-order valence-corrected chi connectivity index (χ0v) is 10.8. The minimum Gasteiger partial charge on any atom is -0.388 e. The van der Waals surface area contributed by atoms with Gasteiger partial charge in [0, 0.05) is 26.1 Å². The van der Waals surface area contributed by atoms with Crippen molar-refractivity contribution in [3.8, 4) is 0 Å². The van der Waals surface area contributed by atoms with Crippen LogP contribution in [0.1, 0.15) is 18.2 Å². The summed E-state index contributed by atoms with van der Waals surface area (Å²) in [7, 11) is 3.25. The molecule has 0 atom stereocenters. The van der Waals surface area contributed by atoms with Crippen LogP contribution in [0.5, 0.6) is 0 Å². The van der Waals surface area contributed by atoms with Crippen molar-refractivity contribution < 1.29 is 4.74 Å². The average Bonchev–Trinajstić information content (AvgIpc) is 2.30. The summed E-state index contributed by atoms with van der Waals surface area (Å²) in [6.07, 6.45) is 5.88. The Kier molecular flexibility index (Phi) is 5.30. The maximum Gasteiger partial charge on any atom is 0.0895 e. The number of rotatable bonds is 1. The van der Waals surface area contributed by atoms with Crippen LogP contribution in [0.15, 0.2) is 30.5 Å². The monoisotopic (exact) mass is 230 g/mol. The Morgan fingerprint density at radius 3 is 2.53 bits per heavy atom. The molecule has 3 heteroatoms. The first-order chi connectivity index (χ1) is 8.21. The summed E-state index contributed by atoms with van der Waals surface area (Å²) in [5, 5.41) is 0. The van der Waals surface area contributed by atoms with Gasteiger partial charge in [0.1, 0.15) is 0 Å². The van der Waals surface area contributed by atoms with Crippen LogP contribution in [-0.2, 0) is 4.74 Å². The Labute approximate surface area is 102 Å². The van der Waals surface area contributed by atoms with E-state index in [-0.39, 0.29) is 0 Å². The molecule has 0 spiro atoms. The minimum absolute atomic E-state index is 0.948. The number of pyridine rings is 2. The van der Waals surface area contributed by atoms with Gasteiger partial charge < -0.3 is 4.74 Å². The summed E-state index contributed by atoms with van der Waals surface area (Å²) >= 11 is 0. The summed E-state index contributed by atoms with van der Waals surface area (Å²) in [6.45, 7) is 3.98.